The molecule has 0 saturated carbocycles. The second kappa shape index (κ2) is 6.42. The summed E-state index contributed by atoms with van der Waals surface area (Å²) in [6.45, 7) is 4.32. The summed E-state index contributed by atoms with van der Waals surface area (Å²) in [6, 6.07) is 9.51. The van der Waals surface area contributed by atoms with Gasteiger partial charge in [0.1, 0.15) is 17.2 Å². The number of esters is 1. The average molecular weight is 331 g/mol. The van der Waals surface area contributed by atoms with Crippen LogP contribution in [0, 0.1) is 0 Å². The number of likely N-dealkylation sites (N-methyl/N-ethyl adjacent to an activating group) is 1. The predicted octanol–water partition coefficient (Wildman–Crippen LogP) is 2.99. The van der Waals surface area contributed by atoms with Gasteiger partial charge in [-0.1, -0.05) is 12.1 Å². The Kier molecular flexibility index (Phi) is 4.34. The molecule has 1 amide bonds. The molecule has 5 nitrogen and oxygen atoms in total. The van der Waals surface area contributed by atoms with E-state index in [0.29, 0.717) is 18.0 Å². The first kappa shape index (κ1) is 15.6. The summed E-state index contributed by atoms with van der Waals surface area (Å²) in [7, 11) is 0. The van der Waals surface area contributed by atoms with E-state index in [1.54, 1.807) is 13.0 Å². The summed E-state index contributed by atoms with van der Waals surface area (Å²) in [5.41, 5.74) is 1.95. The Morgan fingerprint density at radius 3 is 2.96 bits per heavy atom. The molecule has 6 heteroatoms. The predicted molar refractivity (Wildman–Crippen MR) is 87.6 cm³/mol. The third kappa shape index (κ3) is 3.07. The second-order valence-corrected chi connectivity index (χ2v) is 6.24. The van der Waals surface area contributed by atoms with Crippen LogP contribution in [0.3, 0.4) is 0 Å². The number of carbonyl (C=O) groups is 2. The van der Waals surface area contributed by atoms with Crippen molar-refractivity contribution in [3.63, 3.8) is 0 Å². The first-order chi connectivity index (χ1) is 11.1. The summed E-state index contributed by atoms with van der Waals surface area (Å²) in [5, 5.41) is 2.63. The Hall–Kier alpha value is -2.34. The highest BCUT2D eigenvalue weighted by Crippen LogP contribution is 2.42. The molecule has 0 saturated heterocycles. The Bertz CT molecular complexity index is 753. The van der Waals surface area contributed by atoms with Gasteiger partial charge in [-0.15, -0.1) is 11.3 Å². The van der Waals surface area contributed by atoms with Crippen molar-refractivity contribution in [2.45, 2.75) is 26.6 Å². The smallest absolute Gasteiger partial charge is 0.349 e. The lowest BCUT2D eigenvalue weighted by Gasteiger charge is -2.16. The number of rotatable bonds is 4. The molecule has 1 aliphatic heterocycles. The largest absolute Gasteiger partial charge is 0.488 e. The maximum absolute atomic E-state index is 12.3. The van der Waals surface area contributed by atoms with Crippen molar-refractivity contribution in [1.29, 1.82) is 0 Å². The van der Waals surface area contributed by atoms with E-state index in [2.05, 4.69) is 5.32 Å². The summed E-state index contributed by atoms with van der Waals surface area (Å²) in [6.07, 6.45) is -0.815. The molecule has 0 fully saturated rings. The van der Waals surface area contributed by atoms with Crippen LogP contribution in [0.1, 0.15) is 29.1 Å². The van der Waals surface area contributed by atoms with Gasteiger partial charge < -0.3 is 14.8 Å². The van der Waals surface area contributed by atoms with E-state index < -0.39 is 12.1 Å². The molecular weight excluding hydrogens is 314 g/mol. The van der Waals surface area contributed by atoms with Gasteiger partial charge in [0, 0.05) is 22.5 Å². The lowest BCUT2D eigenvalue weighted by atomic mass is 10.1. The Balaban J connectivity index is 1.80. The minimum absolute atomic E-state index is 0.296. The number of carbonyl (C=O) groups excluding carboxylic acids is 2. The number of ether oxygens (including phenoxy) is 2. The van der Waals surface area contributed by atoms with Crippen LogP contribution in [-0.4, -0.2) is 24.5 Å². The molecule has 2 aromatic rings. The Labute approximate surface area is 138 Å². The number of nitrogens with one attached hydrogen (secondary N) is 1. The van der Waals surface area contributed by atoms with Crippen molar-refractivity contribution in [1.82, 2.24) is 5.32 Å². The highest BCUT2D eigenvalue weighted by Gasteiger charge is 2.25. The summed E-state index contributed by atoms with van der Waals surface area (Å²) in [4.78, 5) is 25.4. The molecule has 0 aliphatic carbocycles. The highest BCUT2D eigenvalue weighted by atomic mass is 32.1. The summed E-state index contributed by atoms with van der Waals surface area (Å²) < 4.78 is 10.9. The van der Waals surface area contributed by atoms with E-state index in [0.717, 1.165) is 21.8 Å². The van der Waals surface area contributed by atoms with Crippen molar-refractivity contribution in [2.75, 3.05) is 6.54 Å². The summed E-state index contributed by atoms with van der Waals surface area (Å²) in [5.74, 6) is 0.0361. The number of fused-ring (bicyclic) bond motifs is 3. The minimum Gasteiger partial charge on any atom is -0.488 e. The van der Waals surface area contributed by atoms with Gasteiger partial charge in [-0.25, -0.2) is 4.79 Å². The van der Waals surface area contributed by atoms with Gasteiger partial charge in [-0.05, 0) is 32.0 Å². The van der Waals surface area contributed by atoms with Gasteiger partial charge in [0.25, 0.3) is 5.91 Å². The van der Waals surface area contributed by atoms with Crippen LogP contribution in [0.15, 0.2) is 30.3 Å². The quantitative estimate of drug-likeness (QED) is 0.875. The van der Waals surface area contributed by atoms with Crippen LogP contribution >= 0.6 is 11.3 Å². The fourth-order valence-electron chi connectivity index (χ4n) is 2.39. The van der Waals surface area contributed by atoms with E-state index >= 15 is 0 Å². The molecule has 1 aromatic heterocycles. The minimum atomic E-state index is -0.815. The molecule has 1 atom stereocenters. The number of hydrogen-bond donors (Lipinski definition) is 1. The van der Waals surface area contributed by atoms with E-state index in [4.69, 9.17) is 9.47 Å². The van der Waals surface area contributed by atoms with E-state index in [9.17, 15) is 9.59 Å². The van der Waals surface area contributed by atoms with Crippen LogP contribution in [0.5, 0.6) is 5.75 Å². The van der Waals surface area contributed by atoms with Crippen molar-refractivity contribution in [2.24, 2.45) is 0 Å². The van der Waals surface area contributed by atoms with Gasteiger partial charge in [0.2, 0.25) is 0 Å². The first-order valence-electron chi connectivity index (χ1n) is 7.43. The molecule has 0 bridgehead atoms. The molecule has 0 unspecified atom stereocenters. The van der Waals surface area contributed by atoms with Gasteiger partial charge in [0.15, 0.2) is 6.10 Å². The lowest BCUT2D eigenvalue weighted by Crippen LogP contribution is -2.35. The molecule has 1 aliphatic rings. The van der Waals surface area contributed by atoms with Gasteiger partial charge in [-0.3, -0.25) is 4.79 Å². The number of benzene rings is 1. The van der Waals surface area contributed by atoms with E-state index in [1.807, 2.05) is 31.2 Å². The summed E-state index contributed by atoms with van der Waals surface area (Å²) >= 11 is 1.37. The van der Waals surface area contributed by atoms with Crippen LogP contribution in [0.25, 0.3) is 10.4 Å². The number of hydrogen-bond acceptors (Lipinski definition) is 5. The van der Waals surface area contributed by atoms with E-state index in [-0.39, 0.29) is 5.91 Å². The number of amides is 1. The van der Waals surface area contributed by atoms with Crippen molar-refractivity contribution in [3.05, 3.63) is 40.8 Å². The fourth-order valence-corrected chi connectivity index (χ4v) is 3.47. The molecule has 1 aromatic carbocycles. The van der Waals surface area contributed by atoms with Crippen LogP contribution in [0.2, 0.25) is 0 Å². The lowest BCUT2D eigenvalue weighted by molar-refractivity contribution is -0.128. The average Bonchev–Trinajstić information content (AvgIpc) is 2.99. The molecular formula is C17H17NO4S. The zero-order valence-corrected chi connectivity index (χ0v) is 13.7. The monoisotopic (exact) mass is 331 g/mol. The molecule has 0 spiro atoms. The van der Waals surface area contributed by atoms with Crippen molar-refractivity contribution < 1.29 is 19.1 Å². The molecule has 2 heterocycles. The van der Waals surface area contributed by atoms with Gasteiger partial charge in [0.05, 0.1) is 0 Å². The SMILES string of the molecule is CCNC(=O)[C@@H](C)OC(=O)c1cc2c(s1)-c1ccccc1OC2. The van der Waals surface area contributed by atoms with Crippen LogP contribution < -0.4 is 10.1 Å². The van der Waals surface area contributed by atoms with E-state index in [1.165, 1.54) is 11.3 Å². The molecule has 120 valence electrons. The maximum Gasteiger partial charge on any atom is 0.349 e. The number of para-hydroxylation sites is 1. The third-order valence-electron chi connectivity index (χ3n) is 3.53. The normalized spacial score (nSPS) is 13.3. The zero-order valence-electron chi connectivity index (χ0n) is 12.9. The van der Waals surface area contributed by atoms with Gasteiger partial charge >= 0.3 is 5.97 Å². The molecule has 23 heavy (non-hydrogen) atoms. The second-order valence-electron chi connectivity index (χ2n) is 5.19. The molecule has 1 N–H and O–H groups in total. The zero-order chi connectivity index (χ0) is 16.4. The van der Waals surface area contributed by atoms with Crippen molar-refractivity contribution >= 4 is 23.2 Å². The fraction of sp³-hybridized carbons (Fsp3) is 0.294. The standard InChI is InChI=1S/C17H17NO4S/c1-3-18-16(19)10(2)22-17(20)14-8-11-9-21-13-7-5-4-6-12(13)15(11)23-14/h4-8,10H,3,9H2,1-2H3,(H,18,19)/t10-/m1/s1. The topological polar surface area (TPSA) is 64.6 Å². The van der Waals surface area contributed by atoms with Crippen LogP contribution in [0.4, 0.5) is 0 Å². The first-order valence-corrected chi connectivity index (χ1v) is 8.25. The Morgan fingerprint density at radius 2 is 2.17 bits per heavy atom. The van der Waals surface area contributed by atoms with Crippen LogP contribution in [-0.2, 0) is 16.1 Å². The van der Waals surface area contributed by atoms with Gasteiger partial charge in [-0.2, -0.15) is 0 Å². The number of thiophene rings is 1. The maximum atomic E-state index is 12.3. The third-order valence-corrected chi connectivity index (χ3v) is 4.72. The van der Waals surface area contributed by atoms with Crippen molar-refractivity contribution in [3.8, 4) is 16.2 Å². The Morgan fingerprint density at radius 1 is 1.39 bits per heavy atom. The molecule has 0 radical (unpaired) electrons. The molecule has 3 rings (SSSR count). The highest BCUT2D eigenvalue weighted by molar-refractivity contribution is 7.17.